The molecular formula is C17H24N2O5. The summed E-state index contributed by atoms with van der Waals surface area (Å²) in [4.78, 5) is 35.0. The van der Waals surface area contributed by atoms with Crippen LogP contribution in [0.15, 0.2) is 30.3 Å². The number of hydrogen-bond donors (Lipinski definition) is 2. The van der Waals surface area contributed by atoms with Gasteiger partial charge in [0.2, 0.25) is 5.91 Å². The van der Waals surface area contributed by atoms with Crippen molar-refractivity contribution < 1.29 is 23.9 Å². The van der Waals surface area contributed by atoms with Crippen LogP contribution >= 0.6 is 0 Å². The third-order valence-electron chi connectivity index (χ3n) is 2.88. The van der Waals surface area contributed by atoms with Crippen molar-refractivity contribution in [3.05, 3.63) is 35.9 Å². The highest BCUT2D eigenvalue weighted by atomic mass is 16.6. The molecule has 2 amide bonds. The molecule has 0 saturated carbocycles. The number of primary amides is 1. The molecule has 1 aromatic rings. The highest BCUT2D eigenvalue weighted by Gasteiger charge is 2.25. The lowest BCUT2D eigenvalue weighted by Gasteiger charge is -2.22. The zero-order valence-corrected chi connectivity index (χ0v) is 14.2. The minimum absolute atomic E-state index is 0.0438. The van der Waals surface area contributed by atoms with Gasteiger partial charge in [-0.25, -0.2) is 9.59 Å². The second-order valence-corrected chi connectivity index (χ2v) is 6.30. The number of nitrogens with two attached hydrogens (primary N) is 1. The summed E-state index contributed by atoms with van der Waals surface area (Å²) in [6, 6.07) is 8.13. The Kier molecular flexibility index (Phi) is 7.23. The molecule has 3 N–H and O–H groups in total. The average Bonchev–Trinajstić information content (AvgIpc) is 2.48. The van der Waals surface area contributed by atoms with Crippen LogP contribution in [0.3, 0.4) is 0 Å². The van der Waals surface area contributed by atoms with E-state index >= 15 is 0 Å². The molecule has 0 saturated heterocycles. The van der Waals surface area contributed by atoms with E-state index in [4.69, 9.17) is 15.2 Å². The summed E-state index contributed by atoms with van der Waals surface area (Å²) in [6.45, 7) is 5.19. The molecule has 0 aromatic heterocycles. The van der Waals surface area contributed by atoms with Gasteiger partial charge in [-0.2, -0.15) is 0 Å². The molecule has 0 fully saturated rings. The van der Waals surface area contributed by atoms with E-state index in [1.165, 1.54) is 0 Å². The number of nitrogens with one attached hydrogen (secondary N) is 1. The zero-order valence-electron chi connectivity index (χ0n) is 14.2. The van der Waals surface area contributed by atoms with Gasteiger partial charge in [-0.3, -0.25) is 4.79 Å². The Hall–Kier alpha value is -2.57. The van der Waals surface area contributed by atoms with Gasteiger partial charge in [-0.1, -0.05) is 30.3 Å². The van der Waals surface area contributed by atoms with Gasteiger partial charge in [-0.05, 0) is 32.8 Å². The van der Waals surface area contributed by atoms with Crippen molar-refractivity contribution in [1.82, 2.24) is 5.32 Å². The molecule has 1 atom stereocenters. The molecule has 0 aliphatic heterocycles. The largest absolute Gasteiger partial charge is 0.459 e. The lowest BCUT2D eigenvalue weighted by molar-refractivity contribution is -0.147. The van der Waals surface area contributed by atoms with Crippen molar-refractivity contribution >= 4 is 18.0 Å². The van der Waals surface area contributed by atoms with E-state index < -0.39 is 29.6 Å². The smallest absolute Gasteiger partial charge is 0.408 e. The maximum absolute atomic E-state index is 12.2. The number of alkyl carbamates (subject to hydrolysis) is 1. The predicted octanol–water partition coefficient (Wildman–Crippen LogP) is 1.89. The summed E-state index contributed by atoms with van der Waals surface area (Å²) < 4.78 is 10.3. The van der Waals surface area contributed by atoms with Gasteiger partial charge < -0.3 is 20.5 Å². The lowest BCUT2D eigenvalue weighted by Crippen LogP contribution is -2.44. The number of esters is 1. The summed E-state index contributed by atoms with van der Waals surface area (Å²) in [5, 5.41) is 2.42. The fraction of sp³-hybridized carbons (Fsp3) is 0.471. The van der Waals surface area contributed by atoms with Crippen LogP contribution in [0.25, 0.3) is 0 Å². The Morgan fingerprint density at radius 3 is 2.33 bits per heavy atom. The first kappa shape index (κ1) is 19.5. The number of rotatable bonds is 7. The average molecular weight is 336 g/mol. The highest BCUT2D eigenvalue weighted by molar-refractivity contribution is 5.82. The summed E-state index contributed by atoms with van der Waals surface area (Å²) in [5.41, 5.74) is 5.22. The first-order valence-corrected chi connectivity index (χ1v) is 7.66. The molecule has 7 heteroatoms. The molecule has 1 rings (SSSR count). The number of ether oxygens (including phenoxy) is 2. The lowest BCUT2D eigenvalue weighted by atomic mass is 10.1. The van der Waals surface area contributed by atoms with Gasteiger partial charge in [0.1, 0.15) is 18.2 Å². The maximum atomic E-state index is 12.2. The predicted molar refractivity (Wildman–Crippen MR) is 87.8 cm³/mol. The van der Waals surface area contributed by atoms with E-state index in [-0.39, 0.29) is 19.4 Å². The standard InChI is InChI=1S/C17H24N2O5/c1-17(2,3)24-16(22)19-13(9-10-14(18)20)15(21)23-11-12-7-5-4-6-8-12/h4-8,13H,9-11H2,1-3H3,(H2,18,20)(H,19,22). The number of carbonyl (C=O) groups is 3. The van der Waals surface area contributed by atoms with Crippen molar-refractivity contribution in [2.75, 3.05) is 0 Å². The van der Waals surface area contributed by atoms with Crippen LogP contribution in [0, 0.1) is 0 Å². The molecule has 1 aromatic carbocycles. The van der Waals surface area contributed by atoms with Gasteiger partial charge in [-0.15, -0.1) is 0 Å². The van der Waals surface area contributed by atoms with Crippen LogP contribution in [-0.2, 0) is 25.7 Å². The van der Waals surface area contributed by atoms with Crippen molar-refractivity contribution in [3.8, 4) is 0 Å². The summed E-state index contributed by atoms with van der Waals surface area (Å²) in [7, 11) is 0. The molecular weight excluding hydrogens is 312 g/mol. The number of hydrogen-bond acceptors (Lipinski definition) is 5. The summed E-state index contributed by atoms with van der Waals surface area (Å²) in [6.07, 6.45) is -0.767. The molecule has 0 heterocycles. The van der Waals surface area contributed by atoms with Crippen LogP contribution in [0.1, 0.15) is 39.2 Å². The minimum Gasteiger partial charge on any atom is -0.459 e. The molecule has 0 radical (unpaired) electrons. The molecule has 0 aliphatic carbocycles. The van der Waals surface area contributed by atoms with E-state index in [0.29, 0.717) is 0 Å². The van der Waals surface area contributed by atoms with E-state index in [2.05, 4.69) is 5.32 Å². The third-order valence-corrected chi connectivity index (χ3v) is 2.88. The van der Waals surface area contributed by atoms with Crippen molar-refractivity contribution in [1.29, 1.82) is 0 Å². The first-order chi connectivity index (χ1) is 11.2. The second-order valence-electron chi connectivity index (χ2n) is 6.30. The fourth-order valence-electron chi connectivity index (χ4n) is 1.81. The minimum atomic E-state index is -1.00. The molecule has 132 valence electrons. The second kappa shape index (κ2) is 8.90. The molecule has 0 spiro atoms. The van der Waals surface area contributed by atoms with Crippen LogP contribution < -0.4 is 11.1 Å². The highest BCUT2D eigenvalue weighted by Crippen LogP contribution is 2.09. The first-order valence-electron chi connectivity index (χ1n) is 7.66. The van der Waals surface area contributed by atoms with E-state index in [0.717, 1.165) is 5.56 Å². The van der Waals surface area contributed by atoms with Gasteiger partial charge in [0.05, 0.1) is 0 Å². The van der Waals surface area contributed by atoms with Crippen LogP contribution in [-0.4, -0.2) is 29.6 Å². The topological polar surface area (TPSA) is 108 Å². The molecule has 7 nitrogen and oxygen atoms in total. The SMILES string of the molecule is CC(C)(C)OC(=O)NC(CCC(N)=O)C(=O)OCc1ccccc1. The Morgan fingerprint density at radius 1 is 1.17 bits per heavy atom. The number of carbonyl (C=O) groups excluding carboxylic acids is 3. The number of amides is 2. The number of benzene rings is 1. The Morgan fingerprint density at radius 2 is 1.79 bits per heavy atom. The maximum Gasteiger partial charge on any atom is 0.408 e. The van der Waals surface area contributed by atoms with Crippen molar-refractivity contribution in [3.63, 3.8) is 0 Å². The normalized spacial score (nSPS) is 12.1. The van der Waals surface area contributed by atoms with Gasteiger partial charge in [0, 0.05) is 6.42 Å². The quantitative estimate of drug-likeness (QED) is 0.739. The third kappa shape index (κ3) is 8.17. The van der Waals surface area contributed by atoms with Gasteiger partial charge in [0.25, 0.3) is 0 Å². The van der Waals surface area contributed by atoms with Gasteiger partial charge in [0.15, 0.2) is 0 Å². The van der Waals surface area contributed by atoms with E-state index in [1.807, 2.05) is 30.3 Å². The van der Waals surface area contributed by atoms with E-state index in [1.54, 1.807) is 20.8 Å². The van der Waals surface area contributed by atoms with Crippen molar-refractivity contribution in [2.45, 2.75) is 51.9 Å². The zero-order chi connectivity index (χ0) is 18.2. The van der Waals surface area contributed by atoms with Gasteiger partial charge >= 0.3 is 12.1 Å². The van der Waals surface area contributed by atoms with Crippen LogP contribution in [0.4, 0.5) is 4.79 Å². The summed E-state index contributed by atoms with van der Waals surface area (Å²) >= 11 is 0. The molecule has 0 aliphatic rings. The Bertz CT molecular complexity index is 566. The molecule has 0 bridgehead atoms. The Labute approximate surface area is 141 Å². The van der Waals surface area contributed by atoms with Crippen LogP contribution in [0.5, 0.6) is 0 Å². The van der Waals surface area contributed by atoms with Crippen LogP contribution in [0.2, 0.25) is 0 Å². The molecule has 24 heavy (non-hydrogen) atoms. The monoisotopic (exact) mass is 336 g/mol. The van der Waals surface area contributed by atoms with Crippen molar-refractivity contribution in [2.24, 2.45) is 5.73 Å². The molecule has 1 unspecified atom stereocenters. The summed E-state index contributed by atoms with van der Waals surface area (Å²) in [5.74, 6) is -1.21. The Balaban J connectivity index is 2.64. The van der Waals surface area contributed by atoms with E-state index in [9.17, 15) is 14.4 Å². The fourth-order valence-corrected chi connectivity index (χ4v) is 1.81.